The van der Waals surface area contributed by atoms with Crippen LogP contribution >= 0.6 is 39.9 Å². The molecule has 5 nitrogen and oxygen atoms in total. The van der Waals surface area contributed by atoms with Crippen molar-refractivity contribution in [3.05, 3.63) is 34.3 Å². The Morgan fingerprint density at radius 1 is 1.33 bits per heavy atom. The molecule has 2 rings (SSSR count). The summed E-state index contributed by atoms with van der Waals surface area (Å²) >= 11 is 3.59. The summed E-state index contributed by atoms with van der Waals surface area (Å²) in [6, 6.07) is 8.63. The van der Waals surface area contributed by atoms with Gasteiger partial charge in [0.05, 0.1) is 5.75 Å². The van der Waals surface area contributed by atoms with Crippen molar-refractivity contribution in [1.82, 2.24) is 10.6 Å². The van der Waals surface area contributed by atoms with E-state index in [1.165, 1.54) is 24.7 Å². The maximum absolute atomic E-state index is 11.3. The second-order valence-corrected chi connectivity index (χ2v) is 10.6. The fourth-order valence-corrected chi connectivity index (χ4v) is 4.76. The molecule has 1 aromatic carbocycles. The van der Waals surface area contributed by atoms with E-state index in [2.05, 4.69) is 55.8 Å². The van der Waals surface area contributed by atoms with Crippen LogP contribution in [-0.4, -0.2) is 46.0 Å². The molecule has 0 heterocycles. The lowest BCUT2D eigenvalue weighted by Crippen LogP contribution is -2.47. The summed E-state index contributed by atoms with van der Waals surface area (Å²) in [5.74, 6) is 0.910. The summed E-state index contributed by atoms with van der Waals surface area (Å²) in [5, 5.41) is 6.78. The quantitative estimate of drug-likeness (QED) is 0.296. The summed E-state index contributed by atoms with van der Waals surface area (Å²) in [7, 11) is -1.19. The zero-order valence-corrected chi connectivity index (χ0v) is 21.0. The van der Waals surface area contributed by atoms with Gasteiger partial charge in [0.2, 0.25) is 0 Å². The van der Waals surface area contributed by atoms with Crippen molar-refractivity contribution >= 4 is 55.7 Å². The highest BCUT2D eigenvalue weighted by molar-refractivity contribution is 14.0. The Labute approximate surface area is 189 Å². The molecular weight excluding hydrogens is 541 g/mol. The Morgan fingerprint density at radius 2 is 2.00 bits per heavy atom. The van der Waals surface area contributed by atoms with Crippen LogP contribution < -0.4 is 10.6 Å². The SMILES string of the molecule is CN=C(NCC1(c2cccc(Br)c2)CCCC1)NC(C)CCS(C)(=O)=O.I. The van der Waals surface area contributed by atoms with E-state index < -0.39 is 9.84 Å². The van der Waals surface area contributed by atoms with Gasteiger partial charge < -0.3 is 10.6 Å². The average Bonchev–Trinajstić information content (AvgIpc) is 3.06. The van der Waals surface area contributed by atoms with E-state index >= 15 is 0 Å². The van der Waals surface area contributed by atoms with E-state index in [-0.39, 0.29) is 41.2 Å². The Bertz CT molecular complexity index is 734. The predicted molar refractivity (Wildman–Crippen MR) is 128 cm³/mol. The number of aliphatic imine (C=N–C) groups is 1. The number of guanidine groups is 1. The first kappa shape index (κ1) is 24.7. The van der Waals surface area contributed by atoms with E-state index in [0.29, 0.717) is 6.42 Å². The minimum atomic E-state index is -2.94. The van der Waals surface area contributed by atoms with Crippen LogP contribution in [0.5, 0.6) is 0 Å². The highest BCUT2D eigenvalue weighted by Gasteiger charge is 2.35. The van der Waals surface area contributed by atoms with E-state index in [9.17, 15) is 8.42 Å². The Kier molecular flexibility index (Phi) is 10.1. The molecule has 8 heteroatoms. The Hall–Kier alpha value is -0.350. The van der Waals surface area contributed by atoms with Crippen LogP contribution in [0.1, 0.15) is 44.6 Å². The van der Waals surface area contributed by atoms with Gasteiger partial charge in [0.15, 0.2) is 5.96 Å². The van der Waals surface area contributed by atoms with Gasteiger partial charge in [-0.2, -0.15) is 0 Å². The van der Waals surface area contributed by atoms with Gasteiger partial charge >= 0.3 is 0 Å². The number of halogens is 2. The molecule has 0 bridgehead atoms. The molecule has 1 atom stereocenters. The van der Waals surface area contributed by atoms with E-state index in [1.807, 2.05) is 6.92 Å². The normalized spacial score (nSPS) is 17.9. The van der Waals surface area contributed by atoms with E-state index in [4.69, 9.17) is 0 Å². The van der Waals surface area contributed by atoms with Gasteiger partial charge in [0, 0.05) is 35.8 Å². The Balaban J connectivity index is 0.00000364. The van der Waals surface area contributed by atoms with Gasteiger partial charge in [-0.25, -0.2) is 8.42 Å². The lowest BCUT2D eigenvalue weighted by molar-refractivity contribution is 0.430. The van der Waals surface area contributed by atoms with Crippen LogP contribution in [0, 0.1) is 0 Å². The number of sulfone groups is 1. The second kappa shape index (κ2) is 11.0. The number of nitrogens with zero attached hydrogens (tertiary/aromatic N) is 1. The summed E-state index contributed by atoms with van der Waals surface area (Å²) in [5.41, 5.74) is 1.48. The van der Waals surface area contributed by atoms with Crippen LogP contribution in [0.3, 0.4) is 0 Å². The molecule has 1 saturated carbocycles. The number of rotatable bonds is 7. The van der Waals surface area contributed by atoms with Gasteiger partial charge in [-0.3, -0.25) is 4.99 Å². The molecule has 1 aliphatic rings. The highest BCUT2D eigenvalue weighted by Crippen LogP contribution is 2.41. The molecule has 0 spiro atoms. The van der Waals surface area contributed by atoms with Crippen molar-refractivity contribution in [1.29, 1.82) is 0 Å². The van der Waals surface area contributed by atoms with Crippen LogP contribution in [0.25, 0.3) is 0 Å². The lowest BCUT2D eigenvalue weighted by Gasteiger charge is -2.31. The van der Waals surface area contributed by atoms with Crippen molar-refractivity contribution < 1.29 is 8.42 Å². The molecule has 27 heavy (non-hydrogen) atoms. The predicted octanol–water partition coefficient (Wildman–Crippen LogP) is 3.87. The number of nitrogens with one attached hydrogen (secondary N) is 2. The first-order chi connectivity index (χ1) is 12.2. The molecule has 1 fully saturated rings. The summed E-state index contributed by atoms with van der Waals surface area (Å²) in [6.45, 7) is 2.81. The molecule has 0 radical (unpaired) electrons. The van der Waals surface area contributed by atoms with Crippen LogP contribution in [0.2, 0.25) is 0 Å². The van der Waals surface area contributed by atoms with E-state index in [0.717, 1.165) is 29.8 Å². The molecule has 1 aromatic rings. The van der Waals surface area contributed by atoms with Gasteiger partial charge in [-0.1, -0.05) is 40.9 Å². The van der Waals surface area contributed by atoms with Crippen LogP contribution in [0.4, 0.5) is 0 Å². The van der Waals surface area contributed by atoms with Gasteiger partial charge in [-0.15, -0.1) is 24.0 Å². The van der Waals surface area contributed by atoms with Crippen molar-refractivity contribution in [2.45, 2.75) is 50.5 Å². The topological polar surface area (TPSA) is 70.6 Å². The molecule has 0 amide bonds. The van der Waals surface area contributed by atoms with Gasteiger partial charge in [0.25, 0.3) is 0 Å². The van der Waals surface area contributed by atoms with Crippen molar-refractivity contribution in [2.24, 2.45) is 4.99 Å². The van der Waals surface area contributed by atoms with Crippen molar-refractivity contribution in [3.8, 4) is 0 Å². The van der Waals surface area contributed by atoms with Crippen molar-refractivity contribution in [3.63, 3.8) is 0 Å². The first-order valence-corrected chi connectivity index (χ1v) is 12.0. The van der Waals surface area contributed by atoms with E-state index in [1.54, 1.807) is 7.05 Å². The second-order valence-electron chi connectivity index (χ2n) is 7.39. The molecule has 2 N–H and O–H groups in total. The number of hydrogen-bond acceptors (Lipinski definition) is 3. The summed E-state index contributed by atoms with van der Waals surface area (Å²) in [4.78, 5) is 4.31. The smallest absolute Gasteiger partial charge is 0.191 e. The summed E-state index contributed by atoms with van der Waals surface area (Å²) in [6.07, 6.45) is 6.65. The standard InChI is InChI=1S/C19H30BrN3O2S.HI/c1-15(9-12-26(3,24)25)23-18(21-2)22-14-19(10-4-5-11-19)16-7-6-8-17(20)13-16;/h6-8,13,15H,4-5,9-12,14H2,1-3H3,(H2,21,22,23);1H. The number of hydrogen-bond donors (Lipinski definition) is 2. The number of benzene rings is 1. The van der Waals surface area contributed by atoms with Crippen LogP contribution in [-0.2, 0) is 15.3 Å². The minimum absolute atomic E-state index is 0. The molecule has 0 aromatic heterocycles. The first-order valence-electron chi connectivity index (χ1n) is 9.15. The zero-order valence-electron chi connectivity index (χ0n) is 16.3. The minimum Gasteiger partial charge on any atom is -0.356 e. The lowest BCUT2D eigenvalue weighted by atomic mass is 9.79. The molecule has 0 saturated heterocycles. The molecule has 1 unspecified atom stereocenters. The monoisotopic (exact) mass is 571 g/mol. The maximum Gasteiger partial charge on any atom is 0.191 e. The Morgan fingerprint density at radius 3 is 2.56 bits per heavy atom. The van der Waals surface area contributed by atoms with Gasteiger partial charge in [-0.05, 0) is 43.9 Å². The fourth-order valence-electron chi connectivity index (χ4n) is 3.58. The molecular formula is C19H31BrIN3O2S. The van der Waals surface area contributed by atoms with Crippen LogP contribution in [0.15, 0.2) is 33.7 Å². The highest BCUT2D eigenvalue weighted by atomic mass is 127. The average molecular weight is 572 g/mol. The zero-order chi connectivity index (χ0) is 19.2. The van der Waals surface area contributed by atoms with Crippen molar-refractivity contribution in [2.75, 3.05) is 25.6 Å². The molecule has 154 valence electrons. The summed E-state index contributed by atoms with van der Waals surface area (Å²) < 4.78 is 23.8. The third-order valence-corrected chi connectivity index (χ3v) is 6.59. The fraction of sp³-hybridized carbons (Fsp3) is 0.632. The molecule has 0 aliphatic heterocycles. The molecule has 1 aliphatic carbocycles. The third-order valence-electron chi connectivity index (χ3n) is 5.12. The largest absolute Gasteiger partial charge is 0.356 e. The van der Waals surface area contributed by atoms with Gasteiger partial charge in [0.1, 0.15) is 9.84 Å². The third kappa shape index (κ3) is 7.89. The maximum atomic E-state index is 11.3.